The molecule has 0 aromatic rings. The molecule has 0 rings (SSSR count). The molecule has 0 radical (unpaired) electrons. The van der Waals surface area contributed by atoms with Crippen molar-refractivity contribution in [3.05, 3.63) is 0 Å². The molecule has 3 heteroatoms. The third kappa shape index (κ3) is 2.14. The van der Waals surface area contributed by atoms with Crippen LogP contribution in [0.3, 0.4) is 0 Å². The molecule has 0 aliphatic carbocycles. The topological polar surface area (TPSA) is 68.1 Å². The van der Waals surface area contributed by atoms with Gasteiger partial charge >= 0.3 is 0 Å². The van der Waals surface area contributed by atoms with Crippen LogP contribution in [0.5, 0.6) is 0 Å². The molecule has 0 saturated carbocycles. The van der Waals surface area contributed by atoms with Gasteiger partial charge in [-0.2, -0.15) is 0 Å². The molecule has 0 bridgehead atoms. The first kappa shape index (κ1) is 5.88. The van der Waals surface area contributed by atoms with E-state index >= 15 is 0 Å². The summed E-state index contributed by atoms with van der Waals surface area (Å²) in [5.74, 6) is 0. The Morgan fingerprint density at radius 2 is 2.17 bits per heavy atom. The van der Waals surface area contributed by atoms with Crippen molar-refractivity contribution >= 4 is 0 Å². The summed E-state index contributed by atoms with van der Waals surface area (Å²) in [6, 6.07) is 0. The number of hydrogen-bond acceptors (Lipinski definition) is 2. The number of quaternary nitrogens is 1. The Kier molecular flexibility index (Phi) is 3.02. The molecule has 5 N–H and O–H groups in total. The van der Waals surface area contributed by atoms with Gasteiger partial charge in [0.05, 0.1) is 6.61 Å². The summed E-state index contributed by atoms with van der Waals surface area (Å²) in [6.07, 6.45) is -0.620. The van der Waals surface area contributed by atoms with Gasteiger partial charge in [0.1, 0.15) is 12.6 Å². The zero-order valence-corrected chi connectivity index (χ0v) is 3.59. The van der Waals surface area contributed by atoms with Crippen molar-refractivity contribution in [1.82, 2.24) is 0 Å². The fourth-order valence-electron chi connectivity index (χ4n) is 0.0913. The van der Waals surface area contributed by atoms with Crippen LogP contribution in [0, 0.1) is 0 Å². The monoisotopic (exact) mass is 92.1 g/mol. The van der Waals surface area contributed by atoms with Crippen LogP contribution in [0.1, 0.15) is 0 Å². The fourth-order valence-corrected chi connectivity index (χ4v) is 0.0913. The van der Waals surface area contributed by atoms with E-state index in [-0.39, 0.29) is 6.61 Å². The first-order chi connectivity index (χ1) is 2.81. The SMILES string of the molecule is [NH3+]C[C@H](O)CO. The van der Waals surface area contributed by atoms with Gasteiger partial charge in [-0.05, 0) is 0 Å². The maximum atomic E-state index is 8.35. The van der Waals surface area contributed by atoms with Crippen LogP contribution in [0.4, 0.5) is 0 Å². The Balaban J connectivity index is 2.75. The third-order valence-corrected chi connectivity index (χ3v) is 0.544. The van der Waals surface area contributed by atoms with E-state index < -0.39 is 6.10 Å². The third-order valence-electron chi connectivity index (χ3n) is 0.544. The lowest BCUT2D eigenvalue weighted by molar-refractivity contribution is -0.385. The van der Waals surface area contributed by atoms with E-state index in [1.165, 1.54) is 0 Å². The summed E-state index contributed by atoms with van der Waals surface area (Å²) in [4.78, 5) is 0. The van der Waals surface area contributed by atoms with Gasteiger partial charge in [0.2, 0.25) is 0 Å². The maximum absolute atomic E-state index is 8.35. The molecule has 0 aliphatic rings. The molecule has 0 fully saturated rings. The number of rotatable bonds is 2. The van der Waals surface area contributed by atoms with E-state index in [1.807, 2.05) is 0 Å². The minimum Gasteiger partial charge on any atom is -0.393 e. The summed E-state index contributed by atoms with van der Waals surface area (Å²) in [6.45, 7) is 0.208. The molecule has 0 spiro atoms. The molecule has 0 amide bonds. The highest BCUT2D eigenvalue weighted by atomic mass is 16.3. The van der Waals surface area contributed by atoms with E-state index in [0.717, 1.165) is 0 Å². The second-order valence-corrected chi connectivity index (χ2v) is 1.13. The molecule has 38 valence electrons. The molecule has 0 heterocycles. The van der Waals surface area contributed by atoms with Crippen LogP contribution in [0.25, 0.3) is 0 Å². The lowest BCUT2D eigenvalue weighted by atomic mass is 10.4. The largest absolute Gasteiger partial charge is 0.393 e. The Morgan fingerprint density at radius 1 is 1.67 bits per heavy atom. The quantitative estimate of drug-likeness (QED) is 0.355. The van der Waals surface area contributed by atoms with E-state index in [1.54, 1.807) is 0 Å². The summed E-state index contributed by atoms with van der Waals surface area (Å²) in [7, 11) is 0. The van der Waals surface area contributed by atoms with Gasteiger partial charge in [-0.25, -0.2) is 0 Å². The number of aliphatic hydroxyl groups excluding tert-OH is 2. The average molecular weight is 92.1 g/mol. The predicted molar refractivity (Wildman–Crippen MR) is 20.8 cm³/mol. The van der Waals surface area contributed by atoms with Gasteiger partial charge in [-0.3, -0.25) is 0 Å². The molecule has 0 aromatic carbocycles. The first-order valence-corrected chi connectivity index (χ1v) is 1.89. The Bertz CT molecular complexity index is 28.0. The fraction of sp³-hybridized carbons (Fsp3) is 1.00. The van der Waals surface area contributed by atoms with Crippen molar-refractivity contribution in [2.75, 3.05) is 13.2 Å². The molecule has 6 heavy (non-hydrogen) atoms. The second-order valence-electron chi connectivity index (χ2n) is 1.13. The van der Waals surface area contributed by atoms with Crippen molar-refractivity contribution in [3.63, 3.8) is 0 Å². The van der Waals surface area contributed by atoms with Gasteiger partial charge in [-0.1, -0.05) is 0 Å². The maximum Gasteiger partial charge on any atom is 0.126 e. The van der Waals surface area contributed by atoms with Gasteiger partial charge in [0, 0.05) is 0 Å². The highest BCUT2D eigenvalue weighted by molar-refractivity contribution is 4.42. The Labute approximate surface area is 36.4 Å². The average Bonchev–Trinajstić information content (AvgIpc) is 1.65. The first-order valence-electron chi connectivity index (χ1n) is 1.89. The highest BCUT2D eigenvalue weighted by Crippen LogP contribution is 1.67. The summed E-state index contributed by atoms with van der Waals surface area (Å²) in [5, 5.41) is 16.4. The van der Waals surface area contributed by atoms with E-state index in [2.05, 4.69) is 5.73 Å². The van der Waals surface area contributed by atoms with Crippen LogP contribution in [0.15, 0.2) is 0 Å². The van der Waals surface area contributed by atoms with Gasteiger partial charge in [0.15, 0.2) is 0 Å². The van der Waals surface area contributed by atoms with E-state index in [4.69, 9.17) is 10.2 Å². The molecule has 0 aromatic heterocycles. The van der Waals surface area contributed by atoms with Crippen LogP contribution in [0.2, 0.25) is 0 Å². The Morgan fingerprint density at radius 3 is 2.17 bits per heavy atom. The molecule has 0 aliphatic heterocycles. The van der Waals surface area contributed by atoms with Gasteiger partial charge < -0.3 is 15.9 Å². The van der Waals surface area contributed by atoms with Gasteiger partial charge in [-0.15, -0.1) is 0 Å². The number of aliphatic hydroxyl groups is 2. The number of hydrogen-bond donors (Lipinski definition) is 3. The van der Waals surface area contributed by atoms with E-state index in [9.17, 15) is 0 Å². The predicted octanol–water partition coefficient (Wildman–Crippen LogP) is -2.42. The molecule has 0 unspecified atom stereocenters. The lowest BCUT2D eigenvalue weighted by Gasteiger charge is -1.94. The minimum absolute atomic E-state index is 0.177. The van der Waals surface area contributed by atoms with E-state index in [0.29, 0.717) is 6.54 Å². The standard InChI is InChI=1S/C3H9NO2/c4-1-3(6)2-5/h3,5-6H,1-2,4H2/p+1/t3-/m0/s1. The lowest BCUT2D eigenvalue weighted by Crippen LogP contribution is -2.56. The smallest absolute Gasteiger partial charge is 0.126 e. The van der Waals surface area contributed by atoms with Crippen molar-refractivity contribution in [2.45, 2.75) is 6.10 Å². The summed E-state index contributed by atoms with van der Waals surface area (Å²) < 4.78 is 0. The van der Waals surface area contributed by atoms with Crippen molar-refractivity contribution in [1.29, 1.82) is 0 Å². The van der Waals surface area contributed by atoms with Crippen LogP contribution < -0.4 is 5.73 Å². The molecular formula is C3H10NO2+. The zero-order chi connectivity index (χ0) is 4.99. The molecule has 1 atom stereocenters. The van der Waals surface area contributed by atoms with Gasteiger partial charge in [0.25, 0.3) is 0 Å². The highest BCUT2D eigenvalue weighted by Gasteiger charge is 1.95. The molecule has 0 saturated heterocycles. The minimum atomic E-state index is -0.620. The van der Waals surface area contributed by atoms with Crippen molar-refractivity contribution in [3.8, 4) is 0 Å². The molecule has 3 nitrogen and oxygen atoms in total. The normalized spacial score (nSPS) is 14.5. The van der Waals surface area contributed by atoms with Crippen LogP contribution in [-0.2, 0) is 0 Å². The summed E-state index contributed by atoms with van der Waals surface area (Å²) in [5.41, 5.74) is 3.35. The second kappa shape index (κ2) is 3.08. The van der Waals surface area contributed by atoms with Crippen LogP contribution >= 0.6 is 0 Å². The molecular weight excluding hydrogens is 82.0 g/mol. The van der Waals surface area contributed by atoms with Crippen molar-refractivity contribution < 1.29 is 15.9 Å². The summed E-state index contributed by atoms with van der Waals surface area (Å²) >= 11 is 0. The van der Waals surface area contributed by atoms with Crippen molar-refractivity contribution in [2.24, 2.45) is 0 Å². The zero-order valence-electron chi connectivity index (χ0n) is 3.59. The van der Waals surface area contributed by atoms with Crippen LogP contribution in [-0.4, -0.2) is 29.5 Å². The Hall–Kier alpha value is -0.120.